The maximum atomic E-state index is 11.2. The van der Waals surface area contributed by atoms with Gasteiger partial charge in [-0.2, -0.15) is 0 Å². The summed E-state index contributed by atoms with van der Waals surface area (Å²) in [6.07, 6.45) is 3.34. The molecular formula is C9H15IN4O. The van der Waals surface area contributed by atoms with Crippen LogP contribution in [0.1, 0.15) is 19.8 Å². The topological polar surface area (TPSA) is 83.8 Å². The first kappa shape index (κ1) is 12.4. The number of hydrogen-bond acceptors (Lipinski definition) is 4. The van der Waals surface area contributed by atoms with Crippen LogP contribution in [0, 0.1) is 3.57 Å². The average molecular weight is 322 g/mol. The lowest BCUT2D eigenvalue weighted by molar-refractivity contribution is 0.638. The first-order valence-electron chi connectivity index (χ1n) is 4.84. The van der Waals surface area contributed by atoms with Gasteiger partial charge in [-0.15, -0.1) is 0 Å². The van der Waals surface area contributed by atoms with Crippen molar-refractivity contribution in [2.24, 2.45) is 5.73 Å². The van der Waals surface area contributed by atoms with Gasteiger partial charge in [-0.3, -0.25) is 4.79 Å². The van der Waals surface area contributed by atoms with Crippen LogP contribution in [0.25, 0.3) is 0 Å². The molecule has 0 saturated heterocycles. The third-order valence-corrected chi connectivity index (χ3v) is 2.93. The highest BCUT2D eigenvalue weighted by atomic mass is 127. The molecule has 4 N–H and O–H groups in total. The van der Waals surface area contributed by atoms with Crippen LogP contribution in [0.5, 0.6) is 0 Å². The van der Waals surface area contributed by atoms with Crippen LogP contribution in [0.2, 0.25) is 0 Å². The SMILES string of the molecule is CC(N)CCCNc1nc[nH]c(=O)c1I. The molecule has 0 bridgehead atoms. The molecule has 0 saturated carbocycles. The van der Waals surface area contributed by atoms with Crippen molar-refractivity contribution >= 4 is 28.4 Å². The molecule has 0 fully saturated rings. The molecule has 0 amide bonds. The highest BCUT2D eigenvalue weighted by Gasteiger charge is 2.03. The Hall–Kier alpha value is -0.630. The van der Waals surface area contributed by atoms with Gasteiger partial charge in [0.15, 0.2) is 0 Å². The summed E-state index contributed by atoms with van der Waals surface area (Å²) in [5, 5.41) is 3.11. The highest BCUT2D eigenvalue weighted by Crippen LogP contribution is 2.08. The van der Waals surface area contributed by atoms with Gasteiger partial charge in [0.25, 0.3) is 5.56 Å². The third-order valence-electron chi connectivity index (χ3n) is 1.93. The normalized spacial score (nSPS) is 12.5. The predicted octanol–water partition coefficient (Wildman–Crippen LogP) is 0.914. The lowest BCUT2D eigenvalue weighted by atomic mass is 10.2. The summed E-state index contributed by atoms with van der Waals surface area (Å²) in [5.74, 6) is 0.643. The molecule has 0 aromatic carbocycles. The van der Waals surface area contributed by atoms with E-state index in [9.17, 15) is 4.79 Å². The monoisotopic (exact) mass is 322 g/mol. The average Bonchev–Trinajstić information content (AvgIpc) is 2.18. The molecule has 1 atom stereocenters. The summed E-state index contributed by atoms with van der Waals surface area (Å²) < 4.78 is 0.593. The number of aromatic amines is 1. The van der Waals surface area contributed by atoms with Gasteiger partial charge in [0.05, 0.1) is 6.33 Å². The van der Waals surface area contributed by atoms with Crippen molar-refractivity contribution < 1.29 is 0 Å². The van der Waals surface area contributed by atoms with Crippen LogP contribution in [0.4, 0.5) is 5.82 Å². The summed E-state index contributed by atoms with van der Waals surface area (Å²) in [7, 11) is 0. The number of hydrogen-bond donors (Lipinski definition) is 3. The van der Waals surface area contributed by atoms with E-state index in [0.29, 0.717) is 9.39 Å². The van der Waals surface area contributed by atoms with Gasteiger partial charge in [0, 0.05) is 12.6 Å². The van der Waals surface area contributed by atoms with E-state index in [1.807, 2.05) is 29.5 Å². The number of H-pyrrole nitrogens is 1. The molecule has 0 radical (unpaired) electrons. The Morgan fingerprint density at radius 3 is 3.13 bits per heavy atom. The van der Waals surface area contributed by atoms with Gasteiger partial charge in [-0.25, -0.2) is 4.98 Å². The van der Waals surface area contributed by atoms with Crippen LogP contribution < -0.4 is 16.6 Å². The van der Waals surface area contributed by atoms with Crippen molar-refractivity contribution in [3.63, 3.8) is 0 Å². The van der Waals surface area contributed by atoms with Crippen LogP contribution in [-0.4, -0.2) is 22.6 Å². The standard InChI is InChI=1S/C9H15IN4O/c1-6(11)3-2-4-12-8-7(10)9(15)14-5-13-8/h5-6H,2-4,11H2,1H3,(H2,12,13,14,15). The molecule has 0 aliphatic rings. The molecule has 0 aliphatic heterocycles. The van der Waals surface area contributed by atoms with E-state index in [1.54, 1.807) is 0 Å². The van der Waals surface area contributed by atoms with Gasteiger partial charge in [-0.05, 0) is 42.4 Å². The van der Waals surface area contributed by atoms with Gasteiger partial charge in [0.1, 0.15) is 9.39 Å². The highest BCUT2D eigenvalue weighted by molar-refractivity contribution is 14.1. The summed E-state index contributed by atoms with van der Waals surface area (Å²) in [6.45, 7) is 2.77. The predicted molar refractivity (Wildman–Crippen MR) is 68.9 cm³/mol. The maximum Gasteiger partial charge on any atom is 0.266 e. The molecule has 1 heterocycles. The van der Waals surface area contributed by atoms with Gasteiger partial charge in [0.2, 0.25) is 0 Å². The lowest BCUT2D eigenvalue weighted by Gasteiger charge is -2.07. The van der Waals surface area contributed by atoms with Gasteiger partial charge in [-0.1, -0.05) is 0 Å². The number of rotatable bonds is 5. The van der Waals surface area contributed by atoms with E-state index in [4.69, 9.17) is 5.73 Å². The molecule has 1 unspecified atom stereocenters. The quantitative estimate of drug-likeness (QED) is 0.556. The van der Waals surface area contributed by atoms with E-state index >= 15 is 0 Å². The first-order valence-corrected chi connectivity index (χ1v) is 5.91. The number of anilines is 1. The number of nitrogens with two attached hydrogens (primary N) is 1. The number of aromatic nitrogens is 2. The van der Waals surface area contributed by atoms with Crippen LogP contribution >= 0.6 is 22.6 Å². The third kappa shape index (κ3) is 4.17. The molecular weight excluding hydrogens is 307 g/mol. The maximum absolute atomic E-state index is 11.2. The van der Waals surface area contributed by atoms with Crippen LogP contribution in [0.15, 0.2) is 11.1 Å². The largest absolute Gasteiger partial charge is 0.369 e. The minimum atomic E-state index is -0.111. The Morgan fingerprint density at radius 2 is 2.47 bits per heavy atom. The molecule has 0 aliphatic carbocycles. The molecule has 1 aromatic rings. The second kappa shape index (κ2) is 6.06. The minimum absolute atomic E-state index is 0.111. The zero-order valence-electron chi connectivity index (χ0n) is 8.59. The van der Waals surface area contributed by atoms with Crippen LogP contribution in [0.3, 0.4) is 0 Å². The Kier molecular flexibility index (Phi) is 5.03. The summed E-state index contributed by atoms with van der Waals surface area (Å²) >= 11 is 1.98. The Morgan fingerprint density at radius 1 is 1.73 bits per heavy atom. The van der Waals surface area contributed by atoms with Gasteiger partial charge >= 0.3 is 0 Å². The van der Waals surface area contributed by atoms with E-state index in [0.717, 1.165) is 19.4 Å². The van der Waals surface area contributed by atoms with Gasteiger partial charge < -0.3 is 16.0 Å². The minimum Gasteiger partial charge on any atom is -0.369 e. The zero-order valence-corrected chi connectivity index (χ0v) is 10.7. The second-order valence-corrected chi connectivity index (χ2v) is 4.52. The Labute approximate surface area is 102 Å². The molecule has 1 aromatic heterocycles. The molecule has 5 nitrogen and oxygen atoms in total. The van der Waals surface area contributed by atoms with Crippen molar-refractivity contribution in [3.05, 3.63) is 20.3 Å². The summed E-state index contributed by atoms with van der Waals surface area (Å²) in [4.78, 5) is 17.8. The van der Waals surface area contributed by atoms with Crippen molar-refractivity contribution in [1.29, 1.82) is 0 Å². The molecule has 0 spiro atoms. The van der Waals surface area contributed by atoms with E-state index in [-0.39, 0.29) is 11.6 Å². The molecule has 84 valence electrons. The van der Waals surface area contributed by atoms with E-state index in [1.165, 1.54) is 6.33 Å². The van der Waals surface area contributed by atoms with E-state index < -0.39 is 0 Å². The fourth-order valence-corrected chi connectivity index (χ4v) is 1.62. The number of halogens is 1. The van der Waals surface area contributed by atoms with Crippen molar-refractivity contribution in [1.82, 2.24) is 9.97 Å². The first-order chi connectivity index (χ1) is 7.11. The number of nitrogens with one attached hydrogen (secondary N) is 2. The van der Waals surface area contributed by atoms with Crippen molar-refractivity contribution in [2.45, 2.75) is 25.8 Å². The number of nitrogens with zero attached hydrogens (tertiary/aromatic N) is 1. The molecule has 1 rings (SSSR count). The van der Waals surface area contributed by atoms with E-state index in [2.05, 4.69) is 15.3 Å². The Balaban J connectivity index is 2.44. The second-order valence-electron chi connectivity index (χ2n) is 3.44. The Bertz CT molecular complexity index is 363. The fourth-order valence-electron chi connectivity index (χ4n) is 1.14. The van der Waals surface area contributed by atoms with Crippen LogP contribution in [-0.2, 0) is 0 Å². The smallest absolute Gasteiger partial charge is 0.266 e. The van der Waals surface area contributed by atoms with Crippen molar-refractivity contribution in [3.8, 4) is 0 Å². The summed E-state index contributed by atoms with van der Waals surface area (Å²) in [6, 6.07) is 0.220. The zero-order chi connectivity index (χ0) is 11.3. The summed E-state index contributed by atoms with van der Waals surface area (Å²) in [5.41, 5.74) is 5.52. The van der Waals surface area contributed by atoms with Crippen molar-refractivity contribution in [2.75, 3.05) is 11.9 Å². The molecule has 15 heavy (non-hydrogen) atoms. The lowest BCUT2D eigenvalue weighted by Crippen LogP contribution is -2.18. The molecule has 6 heteroatoms. The fraction of sp³-hybridized carbons (Fsp3) is 0.556.